The summed E-state index contributed by atoms with van der Waals surface area (Å²) in [5, 5.41) is 1.85. The van der Waals surface area contributed by atoms with Crippen LogP contribution >= 0.6 is 11.8 Å². The van der Waals surface area contributed by atoms with Gasteiger partial charge >= 0.3 is 0 Å². The largest absolute Gasteiger partial charge is 0.374 e. The van der Waals surface area contributed by atoms with E-state index < -0.39 is 0 Å². The van der Waals surface area contributed by atoms with Crippen molar-refractivity contribution in [2.45, 2.75) is 48.4 Å². The summed E-state index contributed by atoms with van der Waals surface area (Å²) in [7, 11) is 0. The maximum Gasteiger partial charge on any atom is 0.0698 e. The molecule has 3 aliphatic rings. The van der Waals surface area contributed by atoms with Crippen LogP contribution in [-0.2, 0) is 4.74 Å². The second-order valence-electron chi connectivity index (χ2n) is 3.64. The van der Waals surface area contributed by atoms with E-state index >= 15 is 0 Å². The molecule has 2 heteroatoms. The quantitative estimate of drug-likeness (QED) is 0.529. The topological polar surface area (TPSA) is 9.23 Å². The molecule has 4 atom stereocenters. The molecule has 0 aromatic carbocycles. The first kappa shape index (κ1) is 5.90. The zero-order chi connectivity index (χ0) is 6.55. The molecule has 3 bridgehead atoms. The lowest BCUT2D eigenvalue weighted by Gasteiger charge is -2.30. The predicted octanol–water partition coefficient (Wildman–Crippen LogP) is 1.81. The Morgan fingerprint density at radius 3 is 3.20 bits per heavy atom. The summed E-state index contributed by atoms with van der Waals surface area (Å²) in [6.45, 7) is 0. The molecule has 3 aliphatic heterocycles. The van der Waals surface area contributed by atoms with Gasteiger partial charge in [-0.3, -0.25) is 0 Å². The van der Waals surface area contributed by atoms with E-state index in [1.165, 1.54) is 25.7 Å². The summed E-state index contributed by atoms with van der Waals surface area (Å²) < 4.78 is 5.86. The highest BCUT2D eigenvalue weighted by Crippen LogP contribution is 2.49. The van der Waals surface area contributed by atoms with E-state index in [-0.39, 0.29) is 0 Å². The van der Waals surface area contributed by atoms with Crippen LogP contribution in [0.15, 0.2) is 0 Å². The smallest absolute Gasteiger partial charge is 0.0698 e. The van der Waals surface area contributed by atoms with Gasteiger partial charge in [-0.1, -0.05) is 0 Å². The van der Waals surface area contributed by atoms with Gasteiger partial charge in [0.25, 0.3) is 0 Å². The van der Waals surface area contributed by atoms with E-state index in [4.69, 9.17) is 4.74 Å². The fourth-order valence-corrected chi connectivity index (χ4v) is 4.28. The SMILES string of the molecule is C1CC2OC3CC1SC2C3. The minimum atomic E-state index is 0.647. The number of fused-ring (bicyclic) bond motifs is 2. The van der Waals surface area contributed by atoms with Gasteiger partial charge < -0.3 is 4.74 Å². The molecule has 10 heavy (non-hydrogen) atoms. The van der Waals surface area contributed by atoms with Crippen molar-refractivity contribution in [3.05, 3.63) is 0 Å². The summed E-state index contributed by atoms with van der Waals surface area (Å²) in [5.74, 6) is 0. The minimum Gasteiger partial charge on any atom is -0.374 e. The van der Waals surface area contributed by atoms with Crippen LogP contribution in [0.4, 0.5) is 0 Å². The van der Waals surface area contributed by atoms with Crippen LogP contribution in [0.25, 0.3) is 0 Å². The molecule has 0 aliphatic carbocycles. The third kappa shape index (κ3) is 0.693. The standard InChI is InChI=1S/C8H12OS/c1-2-7-8-4-5(9-7)3-6(1)10-8/h5-8H,1-4H2. The lowest BCUT2D eigenvalue weighted by molar-refractivity contribution is 0.0527. The third-order valence-electron chi connectivity index (χ3n) is 2.94. The molecule has 0 N–H and O–H groups in total. The molecule has 0 aromatic rings. The van der Waals surface area contributed by atoms with Crippen LogP contribution < -0.4 is 0 Å². The summed E-state index contributed by atoms with van der Waals surface area (Å²) in [5.41, 5.74) is 0. The van der Waals surface area contributed by atoms with E-state index in [2.05, 4.69) is 11.8 Å². The molecule has 4 unspecified atom stereocenters. The average Bonchev–Trinajstić information content (AvgIpc) is 2.11. The minimum absolute atomic E-state index is 0.647. The van der Waals surface area contributed by atoms with Crippen LogP contribution in [-0.4, -0.2) is 22.7 Å². The Hall–Kier alpha value is 0.310. The molecule has 3 saturated heterocycles. The van der Waals surface area contributed by atoms with Gasteiger partial charge in [0.05, 0.1) is 12.2 Å². The summed E-state index contributed by atoms with van der Waals surface area (Å²) >= 11 is 2.20. The number of ether oxygens (including phenoxy) is 1. The van der Waals surface area contributed by atoms with Crippen molar-refractivity contribution in [1.82, 2.24) is 0 Å². The van der Waals surface area contributed by atoms with Gasteiger partial charge in [0.2, 0.25) is 0 Å². The van der Waals surface area contributed by atoms with Gasteiger partial charge in [-0.15, -0.1) is 0 Å². The Morgan fingerprint density at radius 2 is 2.20 bits per heavy atom. The first-order chi connectivity index (χ1) is 4.92. The zero-order valence-electron chi connectivity index (χ0n) is 5.95. The average molecular weight is 156 g/mol. The van der Waals surface area contributed by atoms with E-state index in [0.717, 1.165) is 10.5 Å². The van der Waals surface area contributed by atoms with E-state index in [0.29, 0.717) is 12.2 Å². The van der Waals surface area contributed by atoms with Crippen molar-refractivity contribution < 1.29 is 4.74 Å². The Bertz CT molecular complexity index is 149. The first-order valence-corrected chi connectivity index (χ1v) is 5.17. The van der Waals surface area contributed by atoms with Crippen LogP contribution in [0, 0.1) is 0 Å². The molecule has 3 fully saturated rings. The van der Waals surface area contributed by atoms with Gasteiger partial charge in [0.15, 0.2) is 0 Å². The van der Waals surface area contributed by atoms with Gasteiger partial charge in [0.1, 0.15) is 0 Å². The molecule has 3 heterocycles. The van der Waals surface area contributed by atoms with Crippen LogP contribution in [0.1, 0.15) is 25.7 Å². The Labute approximate surface area is 65.5 Å². The number of rotatable bonds is 0. The fourth-order valence-electron chi connectivity index (χ4n) is 2.48. The molecular formula is C8H12OS. The van der Waals surface area contributed by atoms with Gasteiger partial charge in [-0.2, -0.15) is 11.8 Å². The number of hydrogen-bond donors (Lipinski definition) is 0. The summed E-state index contributed by atoms with van der Waals surface area (Å²) in [6, 6.07) is 0. The molecule has 0 aromatic heterocycles. The molecule has 0 saturated carbocycles. The van der Waals surface area contributed by atoms with Crippen molar-refractivity contribution in [3.8, 4) is 0 Å². The molecular weight excluding hydrogens is 144 g/mol. The van der Waals surface area contributed by atoms with Crippen molar-refractivity contribution in [3.63, 3.8) is 0 Å². The molecule has 1 nitrogen and oxygen atoms in total. The predicted molar refractivity (Wildman–Crippen MR) is 42.3 cm³/mol. The first-order valence-electron chi connectivity index (χ1n) is 4.23. The van der Waals surface area contributed by atoms with E-state index in [1.807, 2.05) is 0 Å². The van der Waals surface area contributed by atoms with Gasteiger partial charge in [-0.05, 0) is 25.7 Å². The van der Waals surface area contributed by atoms with Crippen LogP contribution in [0.5, 0.6) is 0 Å². The maximum absolute atomic E-state index is 5.86. The highest BCUT2D eigenvalue weighted by molar-refractivity contribution is 8.00. The summed E-state index contributed by atoms with van der Waals surface area (Å²) in [6.07, 6.45) is 6.77. The fraction of sp³-hybridized carbons (Fsp3) is 1.00. The second-order valence-corrected chi connectivity index (χ2v) is 5.19. The van der Waals surface area contributed by atoms with Crippen molar-refractivity contribution in [2.24, 2.45) is 0 Å². The molecule has 56 valence electrons. The summed E-state index contributed by atoms with van der Waals surface area (Å²) in [4.78, 5) is 0. The zero-order valence-corrected chi connectivity index (χ0v) is 6.77. The third-order valence-corrected chi connectivity index (χ3v) is 4.60. The normalized spacial score (nSPS) is 57.6. The maximum atomic E-state index is 5.86. The monoisotopic (exact) mass is 156 g/mol. The van der Waals surface area contributed by atoms with Crippen molar-refractivity contribution in [2.75, 3.05) is 0 Å². The Balaban J connectivity index is 1.94. The lowest BCUT2D eigenvalue weighted by Crippen LogP contribution is -2.28. The number of thioether (sulfide) groups is 1. The molecule has 0 spiro atoms. The Morgan fingerprint density at radius 1 is 1.20 bits per heavy atom. The van der Waals surface area contributed by atoms with Crippen LogP contribution in [0.2, 0.25) is 0 Å². The molecule has 0 radical (unpaired) electrons. The lowest BCUT2D eigenvalue weighted by atomic mass is 9.99. The van der Waals surface area contributed by atoms with Crippen molar-refractivity contribution >= 4 is 11.8 Å². The number of hydrogen-bond acceptors (Lipinski definition) is 2. The second kappa shape index (κ2) is 1.92. The van der Waals surface area contributed by atoms with E-state index in [1.54, 1.807) is 0 Å². The van der Waals surface area contributed by atoms with E-state index in [9.17, 15) is 0 Å². The highest BCUT2D eigenvalue weighted by Gasteiger charge is 2.45. The Kier molecular flexibility index (Phi) is 1.13. The highest BCUT2D eigenvalue weighted by atomic mass is 32.2. The molecule has 3 rings (SSSR count). The van der Waals surface area contributed by atoms with Gasteiger partial charge in [-0.25, -0.2) is 0 Å². The molecule has 0 amide bonds. The van der Waals surface area contributed by atoms with Crippen LogP contribution in [0.3, 0.4) is 0 Å². The van der Waals surface area contributed by atoms with Crippen molar-refractivity contribution in [1.29, 1.82) is 0 Å². The van der Waals surface area contributed by atoms with Gasteiger partial charge in [0, 0.05) is 10.5 Å².